The Kier molecular flexibility index (Phi) is 6.65. The van der Waals surface area contributed by atoms with Gasteiger partial charge in [-0.05, 0) is 38.4 Å². The highest BCUT2D eigenvalue weighted by Crippen LogP contribution is 2.15. The number of amides is 1. The van der Waals surface area contributed by atoms with Gasteiger partial charge in [0.2, 0.25) is 0 Å². The zero-order valence-corrected chi connectivity index (χ0v) is 12.2. The van der Waals surface area contributed by atoms with Crippen LogP contribution in [0.25, 0.3) is 0 Å². The Bertz CT molecular complexity index is 662. The average molecular weight is 305 g/mol. The quantitative estimate of drug-likeness (QED) is 0.674. The van der Waals surface area contributed by atoms with Gasteiger partial charge in [-0.25, -0.2) is 4.39 Å². The van der Waals surface area contributed by atoms with E-state index in [0.29, 0.717) is 0 Å². The van der Waals surface area contributed by atoms with Crippen molar-refractivity contribution >= 4 is 17.3 Å². The summed E-state index contributed by atoms with van der Waals surface area (Å²) >= 11 is 0. The third-order valence-corrected chi connectivity index (χ3v) is 2.40. The van der Waals surface area contributed by atoms with Crippen LogP contribution in [0.2, 0.25) is 0 Å². The zero-order chi connectivity index (χ0) is 16.5. The Balaban J connectivity index is 0.000000745. The van der Waals surface area contributed by atoms with Crippen molar-refractivity contribution in [2.24, 2.45) is 0 Å². The van der Waals surface area contributed by atoms with E-state index < -0.39 is 16.6 Å². The summed E-state index contributed by atoms with van der Waals surface area (Å²) in [5, 5.41) is 15.8. The van der Waals surface area contributed by atoms with Crippen molar-refractivity contribution in [3.8, 4) is 0 Å². The SMILES string of the molecule is CNC.O=C(Nc1cccc(F)c1)c1cccc([N+](=O)[O-])c1. The minimum Gasteiger partial charge on any atom is -0.323 e. The second-order valence-corrected chi connectivity index (χ2v) is 4.27. The lowest BCUT2D eigenvalue weighted by atomic mass is 10.2. The molecule has 0 radical (unpaired) electrons. The molecule has 1 amide bonds. The van der Waals surface area contributed by atoms with Gasteiger partial charge in [-0.15, -0.1) is 0 Å². The molecule has 0 aromatic heterocycles. The van der Waals surface area contributed by atoms with E-state index in [4.69, 9.17) is 0 Å². The molecule has 0 saturated heterocycles. The molecule has 0 aliphatic rings. The van der Waals surface area contributed by atoms with Crippen molar-refractivity contribution in [1.82, 2.24) is 5.32 Å². The molecule has 6 nitrogen and oxygen atoms in total. The van der Waals surface area contributed by atoms with Crippen molar-refractivity contribution in [1.29, 1.82) is 0 Å². The zero-order valence-electron chi connectivity index (χ0n) is 12.2. The number of carbonyl (C=O) groups excluding carboxylic acids is 1. The van der Waals surface area contributed by atoms with Crippen molar-refractivity contribution in [2.75, 3.05) is 19.4 Å². The Morgan fingerprint density at radius 3 is 2.36 bits per heavy atom. The number of hydrogen-bond acceptors (Lipinski definition) is 4. The highest BCUT2D eigenvalue weighted by Gasteiger charge is 2.11. The van der Waals surface area contributed by atoms with Crippen LogP contribution >= 0.6 is 0 Å². The normalized spacial score (nSPS) is 9.41. The first-order valence-corrected chi connectivity index (χ1v) is 6.37. The van der Waals surface area contributed by atoms with Crippen molar-refractivity contribution in [3.05, 3.63) is 70.0 Å². The van der Waals surface area contributed by atoms with Gasteiger partial charge in [0.05, 0.1) is 4.92 Å². The van der Waals surface area contributed by atoms with Crippen LogP contribution < -0.4 is 10.6 Å². The molecule has 2 N–H and O–H groups in total. The number of halogens is 1. The fraction of sp³-hybridized carbons (Fsp3) is 0.133. The van der Waals surface area contributed by atoms with E-state index in [2.05, 4.69) is 10.6 Å². The summed E-state index contributed by atoms with van der Waals surface area (Å²) in [4.78, 5) is 21.9. The van der Waals surface area contributed by atoms with E-state index in [1.807, 2.05) is 14.1 Å². The number of carbonyl (C=O) groups is 1. The van der Waals surface area contributed by atoms with E-state index in [1.54, 1.807) is 0 Å². The molecule has 2 aromatic carbocycles. The minimum absolute atomic E-state index is 0.137. The highest BCUT2D eigenvalue weighted by molar-refractivity contribution is 6.04. The van der Waals surface area contributed by atoms with Crippen molar-refractivity contribution in [3.63, 3.8) is 0 Å². The van der Waals surface area contributed by atoms with E-state index >= 15 is 0 Å². The number of rotatable bonds is 3. The monoisotopic (exact) mass is 305 g/mol. The molecule has 0 unspecified atom stereocenters. The second-order valence-electron chi connectivity index (χ2n) is 4.27. The first-order chi connectivity index (χ1) is 10.5. The molecule has 0 heterocycles. The molecular formula is C15H16FN3O3. The van der Waals surface area contributed by atoms with Crippen LogP contribution in [0.1, 0.15) is 10.4 Å². The van der Waals surface area contributed by atoms with Crippen LogP contribution in [-0.2, 0) is 0 Å². The van der Waals surface area contributed by atoms with E-state index in [1.165, 1.54) is 36.4 Å². The van der Waals surface area contributed by atoms with Crippen LogP contribution in [0.15, 0.2) is 48.5 Å². The van der Waals surface area contributed by atoms with Gasteiger partial charge in [0.1, 0.15) is 5.82 Å². The van der Waals surface area contributed by atoms with Crippen molar-refractivity contribution < 1.29 is 14.1 Å². The van der Waals surface area contributed by atoms with Crippen LogP contribution in [0.3, 0.4) is 0 Å². The van der Waals surface area contributed by atoms with Gasteiger partial charge >= 0.3 is 0 Å². The summed E-state index contributed by atoms with van der Waals surface area (Å²) in [7, 11) is 3.75. The highest BCUT2D eigenvalue weighted by atomic mass is 19.1. The molecule has 0 spiro atoms. The maximum Gasteiger partial charge on any atom is 0.270 e. The third kappa shape index (κ3) is 5.29. The lowest BCUT2D eigenvalue weighted by Gasteiger charge is -2.05. The molecule has 7 heteroatoms. The van der Waals surface area contributed by atoms with Gasteiger partial charge in [-0.2, -0.15) is 0 Å². The molecule has 116 valence electrons. The molecular weight excluding hydrogens is 289 g/mol. The number of hydrogen-bond donors (Lipinski definition) is 2. The maximum absolute atomic E-state index is 12.9. The third-order valence-electron chi connectivity index (χ3n) is 2.40. The number of nitro benzene ring substituents is 1. The maximum atomic E-state index is 12.9. The number of nitro groups is 1. The molecule has 0 fully saturated rings. The van der Waals surface area contributed by atoms with E-state index in [9.17, 15) is 19.3 Å². The number of benzene rings is 2. The minimum atomic E-state index is -0.584. The second kappa shape index (κ2) is 8.48. The standard InChI is InChI=1S/C13H9FN2O3.C2H7N/c14-10-4-2-5-11(8-10)15-13(17)9-3-1-6-12(7-9)16(18)19;1-3-2/h1-8H,(H,15,17);3H,1-2H3. The molecule has 2 aromatic rings. The summed E-state index contributed by atoms with van der Waals surface area (Å²) < 4.78 is 12.9. The van der Waals surface area contributed by atoms with Crippen molar-refractivity contribution in [2.45, 2.75) is 0 Å². The van der Waals surface area contributed by atoms with Crippen LogP contribution in [0.5, 0.6) is 0 Å². The van der Waals surface area contributed by atoms with Crippen LogP contribution in [-0.4, -0.2) is 24.9 Å². The van der Waals surface area contributed by atoms with Gasteiger partial charge in [0.15, 0.2) is 0 Å². The van der Waals surface area contributed by atoms with Gasteiger partial charge in [-0.3, -0.25) is 14.9 Å². The first-order valence-electron chi connectivity index (χ1n) is 6.37. The number of nitrogens with zero attached hydrogens (tertiary/aromatic N) is 1. The lowest BCUT2D eigenvalue weighted by molar-refractivity contribution is -0.384. The molecule has 2 rings (SSSR count). The molecule has 22 heavy (non-hydrogen) atoms. The number of nitrogens with one attached hydrogen (secondary N) is 2. The summed E-state index contributed by atoms with van der Waals surface area (Å²) in [6.45, 7) is 0. The Morgan fingerprint density at radius 1 is 1.14 bits per heavy atom. The van der Waals surface area contributed by atoms with E-state index in [0.717, 1.165) is 12.1 Å². The molecule has 0 aliphatic carbocycles. The van der Waals surface area contributed by atoms with Gasteiger partial charge < -0.3 is 10.6 Å². The Labute approximate surface area is 127 Å². The topological polar surface area (TPSA) is 84.3 Å². The van der Waals surface area contributed by atoms with Gasteiger partial charge in [-0.1, -0.05) is 12.1 Å². The van der Waals surface area contributed by atoms with Crippen LogP contribution in [0, 0.1) is 15.9 Å². The van der Waals surface area contributed by atoms with E-state index in [-0.39, 0.29) is 16.9 Å². The molecule has 0 saturated carbocycles. The fourth-order valence-electron chi connectivity index (χ4n) is 1.53. The largest absolute Gasteiger partial charge is 0.323 e. The fourth-order valence-corrected chi connectivity index (χ4v) is 1.53. The number of anilines is 1. The molecule has 0 atom stereocenters. The summed E-state index contributed by atoms with van der Waals surface area (Å²) in [5.74, 6) is -1.01. The molecule has 0 bridgehead atoms. The Morgan fingerprint density at radius 2 is 1.77 bits per heavy atom. The van der Waals surface area contributed by atoms with Crippen LogP contribution in [0.4, 0.5) is 15.8 Å². The predicted molar refractivity (Wildman–Crippen MR) is 82.4 cm³/mol. The predicted octanol–water partition coefficient (Wildman–Crippen LogP) is 2.82. The smallest absolute Gasteiger partial charge is 0.270 e. The Hall–Kier alpha value is -2.80. The lowest BCUT2D eigenvalue weighted by Crippen LogP contribution is -2.12. The average Bonchev–Trinajstić information content (AvgIpc) is 2.48. The summed E-state index contributed by atoms with van der Waals surface area (Å²) in [6, 6.07) is 10.7. The first kappa shape index (κ1) is 17.3. The van der Waals surface area contributed by atoms with Gasteiger partial charge in [0.25, 0.3) is 11.6 Å². The number of non-ortho nitro benzene ring substituents is 1. The summed E-state index contributed by atoms with van der Waals surface area (Å²) in [6.07, 6.45) is 0. The molecule has 0 aliphatic heterocycles. The van der Waals surface area contributed by atoms with Gasteiger partial charge in [0, 0.05) is 23.4 Å². The summed E-state index contributed by atoms with van der Waals surface area (Å²) in [5.41, 5.74) is 0.252.